The first-order valence-electron chi connectivity index (χ1n) is 9.99. The summed E-state index contributed by atoms with van der Waals surface area (Å²) in [5.74, 6) is 1.06. The van der Waals surface area contributed by atoms with E-state index >= 15 is 0 Å². The van der Waals surface area contributed by atoms with Crippen molar-refractivity contribution in [2.24, 2.45) is 7.05 Å². The summed E-state index contributed by atoms with van der Waals surface area (Å²) in [5, 5.41) is 15.7. The third kappa shape index (κ3) is 4.45. The van der Waals surface area contributed by atoms with Gasteiger partial charge in [0.15, 0.2) is 11.6 Å². The van der Waals surface area contributed by atoms with Crippen LogP contribution >= 0.6 is 0 Å². The van der Waals surface area contributed by atoms with E-state index in [0.717, 1.165) is 13.0 Å². The van der Waals surface area contributed by atoms with Gasteiger partial charge in [-0.15, -0.1) is 0 Å². The van der Waals surface area contributed by atoms with Crippen LogP contribution in [0.25, 0.3) is 0 Å². The SMILES string of the molecule is Cc1nc(CN2CCCN(c3ccc(C(=O)c4nccn4C)cc3[N+](=O)[O-])CC2)no1. The summed E-state index contributed by atoms with van der Waals surface area (Å²) in [6.45, 7) is 5.15. The Bertz CT molecular complexity index is 1110. The van der Waals surface area contributed by atoms with Gasteiger partial charge in [0.25, 0.3) is 5.69 Å². The molecule has 0 unspecified atom stereocenters. The number of carbonyl (C=O) groups is 1. The fraction of sp³-hybridized carbons (Fsp3) is 0.400. The minimum absolute atomic E-state index is 0.0812. The highest BCUT2D eigenvalue weighted by molar-refractivity contribution is 6.07. The van der Waals surface area contributed by atoms with Crippen molar-refractivity contribution in [2.75, 3.05) is 31.1 Å². The third-order valence-corrected chi connectivity index (χ3v) is 5.32. The number of imidazole rings is 1. The molecule has 11 nitrogen and oxygen atoms in total. The van der Waals surface area contributed by atoms with Gasteiger partial charge in [0, 0.05) is 64.2 Å². The summed E-state index contributed by atoms with van der Waals surface area (Å²) in [4.78, 5) is 36.6. The Morgan fingerprint density at radius 3 is 2.77 bits per heavy atom. The van der Waals surface area contributed by atoms with Crippen molar-refractivity contribution in [3.05, 3.63) is 63.8 Å². The molecule has 31 heavy (non-hydrogen) atoms. The number of anilines is 1. The standard InChI is InChI=1S/C20H23N7O4/c1-14-22-18(23-31-14)13-25-7-3-8-26(11-10-25)16-5-4-15(12-17(16)27(29)30)19(28)20-21-6-9-24(20)2/h4-6,9,12H,3,7-8,10-11,13H2,1-2H3. The van der Waals surface area contributed by atoms with E-state index in [4.69, 9.17) is 4.52 Å². The van der Waals surface area contributed by atoms with Gasteiger partial charge in [-0.1, -0.05) is 5.16 Å². The molecule has 0 aliphatic carbocycles. The van der Waals surface area contributed by atoms with Gasteiger partial charge >= 0.3 is 0 Å². The first kappa shape index (κ1) is 20.7. The molecular formula is C20H23N7O4. The number of nitro benzene ring substituents is 1. The fourth-order valence-electron chi connectivity index (χ4n) is 3.77. The molecule has 0 bridgehead atoms. The molecule has 0 saturated carbocycles. The topological polar surface area (TPSA) is 123 Å². The molecule has 162 valence electrons. The number of ketones is 1. The number of hydrogen-bond acceptors (Lipinski definition) is 9. The maximum absolute atomic E-state index is 12.7. The zero-order valence-electron chi connectivity index (χ0n) is 17.4. The van der Waals surface area contributed by atoms with Crippen molar-refractivity contribution in [3.63, 3.8) is 0 Å². The van der Waals surface area contributed by atoms with Gasteiger partial charge in [-0.2, -0.15) is 4.98 Å². The van der Waals surface area contributed by atoms with E-state index in [0.29, 0.717) is 43.6 Å². The molecule has 0 amide bonds. The number of rotatable bonds is 6. The second-order valence-corrected chi connectivity index (χ2v) is 7.50. The Hall–Kier alpha value is -3.60. The predicted molar refractivity (Wildman–Crippen MR) is 111 cm³/mol. The van der Waals surface area contributed by atoms with Crippen LogP contribution < -0.4 is 4.90 Å². The molecule has 1 aliphatic rings. The van der Waals surface area contributed by atoms with Gasteiger partial charge in [-0.25, -0.2) is 4.98 Å². The first-order valence-corrected chi connectivity index (χ1v) is 9.99. The lowest BCUT2D eigenvalue weighted by molar-refractivity contribution is -0.384. The van der Waals surface area contributed by atoms with Crippen LogP contribution in [0.1, 0.15) is 34.3 Å². The number of benzene rings is 1. The van der Waals surface area contributed by atoms with Crippen LogP contribution in [0, 0.1) is 17.0 Å². The van der Waals surface area contributed by atoms with Gasteiger partial charge in [0.2, 0.25) is 11.7 Å². The average molecular weight is 425 g/mol. The Labute approximate surface area is 178 Å². The lowest BCUT2D eigenvalue weighted by Gasteiger charge is -2.23. The van der Waals surface area contributed by atoms with Crippen LogP contribution in [0.4, 0.5) is 11.4 Å². The lowest BCUT2D eigenvalue weighted by atomic mass is 10.1. The summed E-state index contributed by atoms with van der Waals surface area (Å²) in [6.07, 6.45) is 4.02. The van der Waals surface area contributed by atoms with Gasteiger partial charge in [-0.3, -0.25) is 19.8 Å². The molecule has 11 heteroatoms. The smallest absolute Gasteiger partial charge is 0.293 e. The number of aryl methyl sites for hydroxylation is 2. The highest BCUT2D eigenvalue weighted by atomic mass is 16.6. The molecule has 0 spiro atoms. The minimum atomic E-state index is -0.435. The lowest BCUT2D eigenvalue weighted by Crippen LogP contribution is -2.31. The molecule has 1 fully saturated rings. The van der Waals surface area contributed by atoms with Crippen LogP contribution in [0.5, 0.6) is 0 Å². The second kappa shape index (κ2) is 8.64. The second-order valence-electron chi connectivity index (χ2n) is 7.50. The highest BCUT2D eigenvalue weighted by Gasteiger charge is 2.25. The normalized spacial score (nSPS) is 15.1. The molecule has 0 atom stereocenters. The van der Waals surface area contributed by atoms with Gasteiger partial charge < -0.3 is 14.0 Å². The van der Waals surface area contributed by atoms with E-state index in [1.807, 2.05) is 4.90 Å². The van der Waals surface area contributed by atoms with Crippen LogP contribution in [-0.4, -0.2) is 61.5 Å². The molecule has 1 aromatic carbocycles. The van der Waals surface area contributed by atoms with E-state index in [1.165, 1.54) is 12.3 Å². The Balaban J connectivity index is 1.52. The van der Waals surface area contributed by atoms with E-state index in [2.05, 4.69) is 20.0 Å². The van der Waals surface area contributed by atoms with Crippen LogP contribution in [0.15, 0.2) is 35.1 Å². The Morgan fingerprint density at radius 2 is 2.10 bits per heavy atom. The van der Waals surface area contributed by atoms with Crippen LogP contribution in [0.2, 0.25) is 0 Å². The van der Waals surface area contributed by atoms with E-state index in [1.54, 1.807) is 36.9 Å². The number of hydrogen-bond donors (Lipinski definition) is 0. The monoisotopic (exact) mass is 425 g/mol. The van der Waals surface area contributed by atoms with E-state index in [-0.39, 0.29) is 22.9 Å². The maximum Gasteiger partial charge on any atom is 0.293 e. The first-order chi connectivity index (χ1) is 14.9. The summed E-state index contributed by atoms with van der Waals surface area (Å²) in [5.41, 5.74) is 0.676. The molecule has 3 aromatic rings. The molecular weight excluding hydrogens is 402 g/mol. The van der Waals surface area contributed by atoms with Gasteiger partial charge in [-0.05, 0) is 18.6 Å². The van der Waals surface area contributed by atoms with Crippen molar-refractivity contribution in [2.45, 2.75) is 19.9 Å². The molecule has 4 rings (SSSR count). The number of aromatic nitrogens is 4. The predicted octanol–water partition coefficient (Wildman–Crippen LogP) is 1.96. The molecule has 0 radical (unpaired) electrons. The highest BCUT2D eigenvalue weighted by Crippen LogP contribution is 2.31. The Morgan fingerprint density at radius 1 is 1.26 bits per heavy atom. The summed E-state index contributed by atoms with van der Waals surface area (Å²) in [6, 6.07) is 4.63. The average Bonchev–Trinajstić information content (AvgIpc) is 3.29. The molecule has 1 saturated heterocycles. The molecule has 2 aromatic heterocycles. The van der Waals surface area contributed by atoms with E-state index in [9.17, 15) is 14.9 Å². The van der Waals surface area contributed by atoms with Crippen LogP contribution in [-0.2, 0) is 13.6 Å². The van der Waals surface area contributed by atoms with Crippen molar-refractivity contribution in [1.29, 1.82) is 0 Å². The Kier molecular flexibility index (Phi) is 5.76. The number of nitrogens with zero attached hydrogens (tertiary/aromatic N) is 7. The summed E-state index contributed by atoms with van der Waals surface area (Å²) < 4.78 is 6.62. The molecule has 0 N–H and O–H groups in total. The van der Waals surface area contributed by atoms with Crippen molar-refractivity contribution < 1.29 is 14.2 Å². The van der Waals surface area contributed by atoms with Gasteiger partial charge in [0.1, 0.15) is 5.69 Å². The van der Waals surface area contributed by atoms with Crippen molar-refractivity contribution in [3.8, 4) is 0 Å². The molecule has 3 heterocycles. The zero-order chi connectivity index (χ0) is 22.0. The number of nitro groups is 1. The third-order valence-electron chi connectivity index (χ3n) is 5.32. The zero-order valence-corrected chi connectivity index (χ0v) is 17.4. The summed E-state index contributed by atoms with van der Waals surface area (Å²) in [7, 11) is 1.71. The molecule has 1 aliphatic heterocycles. The van der Waals surface area contributed by atoms with Crippen molar-refractivity contribution in [1.82, 2.24) is 24.6 Å². The maximum atomic E-state index is 12.7. The van der Waals surface area contributed by atoms with E-state index < -0.39 is 4.92 Å². The number of carbonyl (C=O) groups excluding carboxylic acids is 1. The largest absolute Gasteiger partial charge is 0.365 e. The van der Waals surface area contributed by atoms with Crippen LogP contribution in [0.3, 0.4) is 0 Å². The summed E-state index contributed by atoms with van der Waals surface area (Å²) >= 11 is 0. The fourth-order valence-corrected chi connectivity index (χ4v) is 3.77. The minimum Gasteiger partial charge on any atom is -0.365 e. The quantitative estimate of drug-likeness (QED) is 0.331. The van der Waals surface area contributed by atoms with Crippen molar-refractivity contribution >= 4 is 17.2 Å². The van der Waals surface area contributed by atoms with Gasteiger partial charge in [0.05, 0.1) is 11.5 Å².